The van der Waals surface area contributed by atoms with Crippen molar-refractivity contribution in [1.82, 2.24) is 10.4 Å². The van der Waals surface area contributed by atoms with Gasteiger partial charge in [-0.1, -0.05) is 11.6 Å². The van der Waals surface area contributed by atoms with E-state index in [0.717, 1.165) is 0 Å². The molecule has 0 unspecified atom stereocenters. The molecule has 0 fully saturated rings. The Morgan fingerprint density at radius 1 is 1.33 bits per heavy atom. The Morgan fingerprint density at radius 3 is 2.95 bits per heavy atom. The Morgan fingerprint density at radius 2 is 2.14 bits per heavy atom. The molecule has 0 saturated heterocycles. The number of hydrazone groups is 1. The minimum absolute atomic E-state index is 0.147. The third-order valence-electron chi connectivity index (χ3n) is 2.77. The lowest BCUT2D eigenvalue weighted by atomic mass is 10.2. The molecule has 1 amide bonds. The molecule has 0 spiro atoms. The average Bonchev–Trinajstić information content (AvgIpc) is 2.97. The summed E-state index contributed by atoms with van der Waals surface area (Å²) in [5, 5.41) is 4.32. The average molecular weight is 304 g/mol. The van der Waals surface area contributed by atoms with Gasteiger partial charge in [0, 0.05) is 18.0 Å². The molecule has 2 heterocycles. The smallest absolute Gasteiger partial charge is 0.271 e. The Kier molecular flexibility index (Phi) is 3.70. The van der Waals surface area contributed by atoms with Crippen LogP contribution in [0.15, 0.2) is 41.8 Å². The number of nitrogens with one attached hydrogen (secondary N) is 1. The summed E-state index contributed by atoms with van der Waals surface area (Å²) in [5.74, 6) is 0.763. The maximum Gasteiger partial charge on any atom is 0.271 e. The fourth-order valence-corrected chi connectivity index (χ4v) is 2.07. The second kappa shape index (κ2) is 5.80. The number of fused-ring (bicyclic) bond motifs is 1. The van der Waals surface area contributed by atoms with Gasteiger partial charge in [0.1, 0.15) is 0 Å². The highest BCUT2D eigenvalue weighted by Crippen LogP contribution is 2.39. The minimum Gasteiger partial charge on any atom is -0.454 e. The molecule has 1 aliphatic heterocycles. The molecule has 1 aromatic heterocycles. The van der Waals surface area contributed by atoms with Gasteiger partial charge in [0.2, 0.25) is 6.79 Å². The first-order valence-corrected chi connectivity index (χ1v) is 6.44. The van der Waals surface area contributed by atoms with Gasteiger partial charge in [0.05, 0.1) is 11.2 Å². The van der Waals surface area contributed by atoms with Gasteiger partial charge < -0.3 is 9.47 Å². The monoisotopic (exact) mass is 303 g/mol. The zero-order valence-corrected chi connectivity index (χ0v) is 11.5. The van der Waals surface area contributed by atoms with E-state index in [-0.39, 0.29) is 12.7 Å². The van der Waals surface area contributed by atoms with Crippen LogP contribution in [0.1, 0.15) is 15.9 Å². The molecule has 2 aromatic rings. The normalized spacial score (nSPS) is 12.6. The van der Waals surface area contributed by atoms with Crippen LogP contribution < -0.4 is 14.9 Å². The van der Waals surface area contributed by atoms with Gasteiger partial charge in [-0.05, 0) is 29.8 Å². The lowest BCUT2D eigenvalue weighted by molar-refractivity contribution is 0.0955. The standard InChI is InChI=1S/C14H10ClN3O3/c15-11-5-9(6-12-13(11)21-8-20-12)7-17-18-14(19)10-1-3-16-4-2-10/h1-7H,8H2,(H,18,19)/b17-7-. The number of hydrogen-bond donors (Lipinski definition) is 1. The number of benzene rings is 1. The van der Waals surface area contributed by atoms with Crippen LogP contribution in [0, 0.1) is 0 Å². The first-order chi connectivity index (χ1) is 10.2. The van der Waals surface area contributed by atoms with Crippen molar-refractivity contribution < 1.29 is 14.3 Å². The van der Waals surface area contributed by atoms with Crippen LogP contribution >= 0.6 is 11.6 Å². The third-order valence-corrected chi connectivity index (χ3v) is 3.05. The van der Waals surface area contributed by atoms with E-state index in [4.69, 9.17) is 21.1 Å². The summed E-state index contributed by atoms with van der Waals surface area (Å²) in [5.41, 5.74) is 3.59. The number of amides is 1. The molecule has 0 atom stereocenters. The third kappa shape index (κ3) is 2.95. The van der Waals surface area contributed by atoms with Crippen molar-refractivity contribution in [1.29, 1.82) is 0 Å². The van der Waals surface area contributed by atoms with Gasteiger partial charge in [0.25, 0.3) is 5.91 Å². The molecule has 1 aromatic carbocycles. The summed E-state index contributed by atoms with van der Waals surface area (Å²) < 4.78 is 10.5. The van der Waals surface area contributed by atoms with Crippen LogP contribution in [-0.4, -0.2) is 23.9 Å². The van der Waals surface area contributed by atoms with E-state index in [0.29, 0.717) is 27.6 Å². The maximum absolute atomic E-state index is 11.8. The molecule has 0 bridgehead atoms. The van der Waals surface area contributed by atoms with Crippen LogP contribution in [0.3, 0.4) is 0 Å². The summed E-state index contributed by atoms with van der Waals surface area (Å²) in [6.07, 6.45) is 4.55. The van der Waals surface area contributed by atoms with Gasteiger partial charge in [-0.3, -0.25) is 9.78 Å². The Balaban J connectivity index is 1.70. The predicted molar refractivity (Wildman–Crippen MR) is 76.9 cm³/mol. The van der Waals surface area contributed by atoms with Crippen LogP contribution in [0.2, 0.25) is 5.02 Å². The number of rotatable bonds is 3. The van der Waals surface area contributed by atoms with E-state index >= 15 is 0 Å². The SMILES string of the molecule is O=C(N/N=C\c1cc(Cl)c2c(c1)OCO2)c1ccncc1. The summed E-state index contributed by atoms with van der Waals surface area (Å²) in [6.45, 7) is 0.147. The topological polar surface area (TPSA) is 72.8 Å². The van der Waals surface area contributed by atoms with Crippen LogP contribution in [0.5, 0.6) is 11.5 Å². The predicted octanol–water partition coefficient (Wildman–Crippen LogP) is 2.23. The van der Waals surface area contributed by atoms with Gasteiger partial charge in [0.15, 0.2) is 11.5 Å². The van der Waals surface area contributed by atoms with Crippen molar-refractivity contribution in [2.75, 3.05) is 6.79 Å². The minimum atomic E-state index is -0.319. The maximum atomic E-state index is 11.8. The van der Waals surface area contributed by atoms with Crippen LogP contribution in [-0.2, 0) is 0 Å². The largest absolute Gasteiger partial charge is 0.454 e. The first kappa shape index (κ1) is 13.4. The molecule has 0 saturated carbocycles. The number of hydrogen-bond acceptors (Lipinski definition) is 5. The molecule has 6 nitrogen and oxygen atoms in total. The quantitative estimate of drug-likeness (QED) is 0.697. The molecule has 0 radical (unpaired) electrons. The summed E-state index contributed by atoms with van der Waals surface area (Å²) in [4.78, 5) is 15.6. The summed E-state index contributed by atoms with van der Waals surface area (Å²) in [7, 11) is 0. The zero-order chi connectivity index (χ0) is 14.7. The molecule has 106 valence electrons. The van der Waals surface area contributed by atoms with Gasteiger partial charge in [-0.25, -0.2) is 5.43 Å². The molecule has 0 aliphatic carbocycles. The van der Waals surface area contributed by atoms with E-state index in [1.165, 1.54) is 18.6 Å². The van der Waals surface area contributed by atoms with E-state index in [9.17, 15) is 4.79 Å². The van der Waals surface area contributed by atoms with Crippen LogP contribution in [0.25, 0.3) is 0 Å². The van der Waals surface area contributed by atoms with Gasteiger partial charge in [-0.15, -0.1) is 0 Å². The van der Waals surface area contributed by atoms with E-state index in [1.54, 1.807) is 24.3 Å². The Labute approximate surface area is 125 Å². The number of halogens is 1. The molecular weight excluding hydrogens is 294 g/mol. The van der Waals surface area contributed by atoms with Gasteiger partial charge in [-0.2, -0.15) is 5.10 Å². The second-order valence-corrected chi connectivity index (χ2v) is 4.58. The van der Waals surface area contributed by atoms with Crippen molar-refractivity contribution in [3.63, 3.8) is 0 Å². The first-order valence-electron chi connectivity index (χ1n) is 6.06. The fourth-order valence-electron chi connectivity index (χ4n) is 1.80. The molecule has 3 rings (SSSR count). The van der Waals surface area contributed by atoms with E-state index in [2.05, 4.69) is 15.5 Å². The molecule has 1 aliphatic rings. The summed E-state index contributed by atoms with van der Waals surface area (Å²) in [6, 6.07) is 6.61. The van der Waals surface area contributed by atoms with Crippen LogP contribution in [0.4, 0.5) is 0 Å². The number of carbonyl (C=O) groups is 1. The molecular formula is C14H10ClN3O3. The zero-order valence-electron chi connectivity index (χ0n) is 10.7. The number of nitrogens with zero attached hydrogens (tertiary/aromatic N) is 2. The van der Waals surface area contributed by atoms with Crippen molar-refractivity contribution in [3.8, 4) is 11.5 Å². The number of ether oxygens (including phenoxy) is 2. The van der Waals surface area contributed by atoms with E-state index < -0.39 is 0 Å². The van der Waals surface area contributed by atoms with Crippen molar-refractivity contribution in [3.05, 3.63) is 52.8 Å². The highest BCUT2D eigenvalue weighted by atomic mass is 35.5. The molecule has 7 heteroatoms. The Bertz CT molecular complexity index is 704. The molecule has 1 N–H and O–H groups in total. The highest BCUT2D eigenvalue weighted by Gasteiger charge is 2.17. The van der Waals surface area contributed by atoms with Crippen molar-refractivity contribution in [2.45, 2.75) is 0 Å². The summed E-state index contributed by atoms with van der Waals surface area (Å²) >= 11 is 6.05. The van der Waals surface area contributed by atoms with Gasteiger partial charge >= 0.3 is 0 Å². The number of aromatic nitrogens is 1. The van der Waals surface area contributed by atoms with E-state index in [1.807, 2.05) is 0 Å². The lowest BCUT2D eigenvalue weighted by Crippen LogP contribution is -2.17. The Hall–Kier alpha value is -2.60. The number of carbonyl (C=O) groups excluding carboxylic acids is 1. The van der Waals surface area contributed by atoms with Crippen molar-refractivity contribution in [2.24, 2.45) is 5.10 Å². The molecule has 21 heavy (non-hydrogen) atoms. The van der Waals surface area contributed by atoms with Crippen molar-refractivity contribution >= 4 is 23.7 Å². The lowest BCUT2D eigenvalue weighted by Gasteiger charge is -2.01. The second-order valence-electron chi connectivity index (χ2n) is 4.17. The number of pyridine rings is 1. The fraction of sp³-hybridized carbons (Fsp3) is 0.0714. The highest BCUT2D eigenvalue weighted by molar-refractivity contribution is 6.32.